The van der Waals surface area contributed by atoms with Gasteiger partial charge in [-0.15, -0.1) is 12.4 Å². The molecule has 1 aliphatic heterocycles. The molecule has 1 aliphatic rings. The molecule has 5 nitrogen and oxygen atoms in total. The molecule has 0 atom stereocenters. The fourth-order valence-electron chi connectivity index (χ4n) is 3.29. The lowest BCUT2D eigenvalue weighted by atomic mass is 9.93. The number of nitrogens with one attached hydrogen (secondary N) is 2. The Hall–Kier alpha value is -1.59. The van der Waals surface area contributed by atoms with Gasteiger partial charge in [0.05, 0.1) is 6.54 Å². The summed E-state index contributed by atoms with van der Waals surface area (Å²) in [5.74, 6) is 0.604. The number of carbonyl (C=O) groups excluding carboxylic acids is 2. The van der Waals surface area contributed by atoms with Gasteiger partial charge in [-0.05, 0) is 63.2 Å². The molecule has 2 rings (SSSR count). The van der Waals surface area contributed by atoms with Crippen LogP contribution in [0, 0.1) is 12.8 Å². The van der Waals surface area contributed by atoms with Gasteiger partial charge in [0.15, 0.2) is 0 Å². The zero-order valence-electron chi connectivity index (χ0n) is 15.9. The molecule has 0 aliphatic carbocycles. The van der Waals surface area contributed by atoms with Crippen LogP contribution >= 0.6 is 12.4 Å². The van der Waals surface area contributed by atoms with Crippen LogP contribution in [0.15, 0.2) is 24.3 Å². The Balaban J connectivity index is 0.00000338. The number of benzene rings is 1. The maximum atomic E-state index is 12.6. The van der Waals surface area contributed by atoms with Gasteiger partial charge in [0.2, 0.25) is 11.8 Å². The highest BCUT2D eigenvalue weighted by Gasteiger charge is 2.19. The topological polar surface area (TPSA) is 61.4 Å². The van der Waals surface area contributed by atoms with Crippen molar-refractivity contribution in [3.63, 3.8) is 0 Å². The van der Waals surface area contributed by atoms with Gasteiger partial charge in [-0.1, -0.05) is 25.1 Å². The van der Waals surface area contributed by atoms with Crippen LogP contribution < -0.4 is 10.6 Å². The molecule has 0 spiro atoms. The fraction of sp³-hybridized carbons (Fsp3) is 0.600. The summed E-state index contributed by atoms with van der Waals surface area (Å²) in [5, 5.41) is 6.27. The Morgan fingerprint density at radius 2 is 1.92 bits per heavy atom. The predicted octanol–water partition coefficient (Wildman–Crippen LogP) is 3.37. The number of anilines is 1. The average Bonchev–Trinajstić information content (AvgIpc) is 2.62. The van der Waals surface area contributed by atoms with Crippen molar-refractivity contribution in [3.05, 3.63) is 29.8 Å². The quantitative estimate of drug-likeness (QED) is 0.725. The first-order chi connectivity index (χ1) is 12.1. The zero-order valence-corrected chi connectivity index (χ0v) is 16.7. The molecule has 0 aromatic heterocycles. The maximum absolute atomic E-state index is 12.6. The molecule has 2 amide bonds. The Bertz CT molecular complexity index is 574. The number of piperidine rings is 1. The van der Waals surface area contributed by atoms with Crippen molar-refractivity contribution in [2.75, 3.05) is 31.5 Å². The molecule has 6 heteroatoms. The number of para-hydroxylation sites is 1. The highest BCUT2D eigenvalue weighted by atomic mass is 35.5. The van der Waals surface area contributed by atoms with E-state index in [1.54, 1.807) is 4.90 Å². The molecular formula is C20H32ClN3O2. The van der Waals surface area contributed by atoms with Gasteiger partial charge >= 0.3 is 0 Å². The lowest BCUT2D eigenvalue weighted by Crippen LogP contribution is -2.39. The average molecular weight is 382 g/mol. The van der Waals surface area contributed by atoms with Crippen molar-refractivity contribution in [2.24, 2.45) is 5.92 Å². The summed E-state index contributed by atoms with van der Waals surface area (Å²) in [5.41, 5.74) is 1.83. The Kier molecular flexibility index (Phi) is 10.3. The zero-order chi connectivity index (χ0) is 18.1. The normalized spacial score (nSPS) is 14.4. The standard InChI is InChI=1S/C20H31N3O2.ClH/c1-3-14-23(20(25)9-8-17-10-12-21-13-11-17)15-19(24)22-18-7-5-4-6-16(18)2;/h4-7,17,21H,3,8-15H2,1-2H3,(H,22,24);1H. The van der Waals surface area contributed by atoms with E-state index in [2.05, 4.69) is 10.6 Å². The van der Waals surface area contributed by atoms with E-state index < -0.39 is 0 Å². The molecule has 146 valence electrons. The maximum Gasteiger partial charge on any atom is 0.244 e. The minimum atomic E-state index is -0.127. The molecule has 0 bridgehead atoms. The third-order valence-electron chi connectivity index (χ3n) is 4.83. The van der Waals surface area contributed by atoms with Crippen LogP contribution in [0.2, 0.25) is 0 Å². The molecule has 1 heterocycles. The van der Waals surface area contributed by atoms with Crippen molar-refractivity contribution in [1.29, 1.82) is 0 Å². The van der Waals surface area contributed by atoms with Gasteiger partial charge in [-0.25, -0.2) is 0 Å². The minimum absolute atomic E-state index is 0. The van der Waals surface area contributed by atoms with Crippen molar-refractivity contribution < 1.29 is 9.59 Å². The third kappa shape index (κ3) is 7.34. The van der Waals surface area contributed by atoms with E-state index in [4.69, 9.17) is 0 Å². The second-order valence-electron chi connectivity index (χ2n) is 6.91. The van der Waals surface area contributed by atoms with E-state index in [9.17, 15) is 9.59 Å². The SMILES string of the molecule is CCCN(CC(=O)Nc1ccccc1C)C(=O)CCC1CCNCC1.Cl. The third-order valence-corrected chi connectivity index (χ3v) is 4.83. The molecule has 0 radical (unpaired) electrons. The van der Waals surface area contributed by atoms with Crippen LogP contribution in [0.5, 0.6) is 0 Å². The molecule has 1 fully saturated rings. The number of nitrogens with zero attached hydrogens (tertiary/aromatic N) is 1. The number of hydrogen-bond acceptors (Lipinski definition) is 3. The van der Waals surface area contributed by atoms with Gasteiger partial charge in [0.1, 0.15) is 0 Å². The van der Waals surface area contributed by atoms with Crippen molar-refractivity contribution in [3.8, 4) is 0 Å². The highest BCUT2D eigenvalue weighted by Crippen LogP contribution is 2.18. The molecule has 0 unspecified atom stereocenters. The first-order valence-corrected chi connectivity index (χ1v) is 9.44. The van der Waals surface area contributed by atoms with Crippen LogP contribution in [-0.4, -0.2) is 42.9 Å². The van der Waals surface area contributed by atoms with E-state index in [1.807, 2.05) is 38.1 Å². The first-order valence-electron chi connectivity index (χ1n) is 9.44. The molecule has 0 saturated carbocycles. The van der Waals surface area contributed by atoms with Gasteiger partial charge < -0.3 is 15.5 Å². The molecule has 2 N–H and O–H groups in total. The number of amides is 2. The summed E-state index contributed by atoms with van der Waals surface area (Å²) in [7, 11) is 0. The predicted molar refractivity (Wildman–Crippen MR) is 109 cm³/mol. The van der Waals surface area contributed by atoms with Crippen LogP contribution in [0.1, 0.15) is 44.6 Å². The Morgan fingerprint density at radius 3 is 2.58 bits per heavy atom. The van der Waals surface area contributed by atoms with Gasteiger partial charge in [-0.3, -0.25) is 9.59 Å². The van der Waals surface area contributed by atoms with Crippen molar-refractivity contribution in [1.82, 2.24) is 10.2 Å². The second kappa shape index (κ2) is 11.9. The van der Waals surface area contributed by atoms with E-state index in [0.29, 0.717) is 18.9 Å². The Labute approximate surface area is 163 Å². The molecule has 1 aromatic carbocycles. The van der Waals surface area contributed by atoms with Gasteiger partial charge in [-0.2, -0.15) is 0 Å². The summed E-state index contributed by atoms with van der Waals surface area (Å²) in [6, 6.07) is 7.69. The smallest absolute Gasteiger partial charge is 0.244 e. The lowest BCUT2D eigenvalue weighted by Gasteiger charge is -2.25. The molecule has 26 heavy (non-hydrogen) atoms. The summed E-state index contributed by atoms with van der Waals surface area (Å²) in [4.78, 5) is 26.6. The van der Waals surface area contributed by atoms with E-state index in [1.165, 1.54) is 0 Å². The fourth-order valence-corrected chi connectivity index (χ4v) is 3.29. The van der Waals surface area contributed by atoms with Crippen LogP contribution in [0.4, 0.5) is 5.69 Å². The van der Waals surface area contributed by atoms with E-state index >= 15 is 0 Å². The van der Waals surface area contributed by atoms with Crippen LogP contribution in [0.3, 0.4) is 0 Å². The van der Waals surface area contributed by atoms with Crippen LogP contribution in [0.25, 0.3) is 0 Å². The van der Waals surface area contributed by atoms with E-state index in [-0.39, 0.29) is 30.8 Å². The number of aryl methyl sites for hydroxylation is 1. The van der Waals surface area contributed by atoms with Gasteiger partial charge in [0, 0.05) is 18.7 Å². The number of halogens is 1. The van der Waals surface area contributed by atoms with Crippen LogP contribution in [-0.2, 0) is 9.59 Å². The van der Waals surface area contributed by atoms with Crippen molar-refractivity contribution >= 4 is 29.9 Å². The second-order valence-corrected chi connectivity index (χ2v) is 6.91. The van der Waals surface area contributed by atoms with Crippen molar-refractivity contribution in [2.45, 2.75) is 46.0 Å². The number of rotatable bonds is 8. The number of carbonyl (C=O) groups is 2. The summed E-state index contributed by atoms with van der Waals surface area (Å²) < 4.78 is 0. The summed E-state index contributed by atoms with van der Waals surface area (Å²) in [6.45, 7) is 6.86. The molecular weight excluding hydrogens is 350 g/mol. The number of hydrogen-bond donors (Lipinski definition) is 2. The lowest BCUT2D eigenvalue weighted by molar-refractivity contribution is -0.135. The van der Waals surface area contributed by atoms with E-state index in [0.717, 1.165) is 50.0 Å². The molecule has 1 saturated heterocycles. The summed E-state index contributed by atoms with van der Waals surface area (Å²) in [6.07, 6.45) is 4.63. The minimum Gasteiger partial charge on any atom is -0.333 e. The first kappa shape index (κ1) is 22.5. The summed E-state index contributed by atoms with van der Waals surface area (Å²) >= 11 is 0. The van der Waals surface area contributed by atoms with Gasteiger partial charge in [0.25, 0.3) is 0 Å². The highest BCUT2D eigenvalue weighted by molar-refractivity contribution is 5.95. The molecule has 1 aromatic rings. The largest absolute Gasteiger partial charge is 0.333 e. The monoisotopic (exact) mass is 381 g/mol. The Morgan fingerprint density at radius 1 is 1.23 bits per heavy atom.